The van der Waals surface area contributed by atoms with E-state index in [1.165, 1.54) is 75.8 Å². The van der Waals surface area contributed by atoms with Crippen molar-refractivity contribution < 1.29 is 18.7 Å². The molecule has 1 aromatic rings. The standard InChI is InChI=1S/C22H38NO4P/c1-4-5-6-7-8-9-10-20-11-13-21(14-12-20)15-16-22(23,19-24)17-18-28(25,26-2)27-3/h11-14,17-18,24H,4-10,15-16,19,23H2,1-3H3/b18-17+/t22-/m1/s1. The lowest BCUT2D eigenvalue weighted by Crippen LogP contribution is -2.42. The Labute approximate surface area is 170 Å². The molecule has 1 aromatic carbocycles. The van der Waals surface area contributed by atoms with E-state index < -0.39 is 13.1 Å². The number of hydrogen-bond donors (Lipinski definition) is 2. The summed E-state index contributed by atoms with van der Waals surface area (Å²) in [7, 11) is -0.649. The summed E-state index contributed by atoms with van der Waals surface area (Å²) >= 11 is 0. The van der Waals surface area contributed by atoms with Crippen LogP contribution < -0.4 is 5.73 Å². The average molecular weight is 412 g/mol. The van der Waals surface area contributed by atoms with Gasteiger partial charge in [-0.3, -0.25) is 4.57 Å². The van der Waals surface area contributed by atoms with Crippen LogP contribution >= 0.6 is 7.60 Å². The smallest absolute Gasteiger partial charge is 0.353 e. The fraction of sp³-hybridized carbons (Fsp3) is 0.636. The summed E-state index contributed by atoms with van der Waals surface area (Å²) in [5.41, 5.74) is 7.80. The van der Waals surface area contributed by atoms with Gasteiger partial charge in [-0.15, -0.1) is 0 Å². The molecule has 0 aliphatic carbocycles. The van der Waals surface area contributed by atoms with Crippen LogP contribution in [0.5, 0.6) is 0 Å². The third-order valence-electron chi connectivity index (χ3n) is 5.11. The highest BCUT2D eigenvalue weighted by Gasteiger charge is 2.24. The number of aliphatic hydroxyl groups excluding tert-OH is 1. The Morgan fingerprint density at radius 2 is 1.54 bits per heavy atom. The topological polar surface area (TPSA) is 81.8 Å². The van der Waals surface area contributed by atoms with Gasteiger partial charge in [0.05, 0.1) is 12.1 Å². The fourth-order valence-electron chi connectivity index (χ4n) is 3.01. The molecule has 0 aliphatic heterocycles. The summed E-state index contributed by atoms with van der Waals surface area (Å²) in [6.07, 6.45) is 11.8. The number of benzene rings is 1. The molecule has 1 rings (SSSR count). The summed E-state index contributed by atoms with van der Waals surface area (Å²) in [6.45, 7) is 2.00. The average Bonchev–Trinajstić information content (AvgIpc) is 2.74. The monoisotopic (exact) mass is 411 g/mol. The normalized spacial score (nSPS) is 14.5. The summed E-state index contributed by atoms with van der Waals surface area (Å²) in [6, 6.07) is 8.61. The molecule has 0 bridgehead atoms. The molecule has 0 amide bonds. The first-order valence-corrected chi connectivity index (χ1v) is 11.9. The second-order valence-electron chi connectivity index (χ2n) is 7.45. The molecule has 0 fully saturated rings. The minimum atomic E-state index is -3.28. The van der Waals surface area contributed by atoms with E-state index in [0.717, 1.165) is 12.8 Å². The first-order chi connectivity index (χ1) is 13.4. The Bertz CT molecular complexity index is 609. The molecule has 0 radical (unpaired) electrons. The number of rotatable bonds is 15. The van der Waals surface area contributed by atoms with E-state index >= 15 is 0 Å². The lowest BCUT2D eigenvalue weighted by Gasteiger charge is -2.24. The van der Waals surface area contributed by atoms with Crippen LogP contribution in [0.1, 0.15) is 63.0 Å². The summed E-state index contributed by atoms with van der Waals surface area (Å²) in [5.74, 6) is 1.33. The van der Waals surface area contributed by atoms with Crippen LogP contribution in [-0.4, -0.2) is 31.5 Å². The Balaban J connectivity index is 2.50. The van der Waals surface area contributed by atoms with Gasteiger partial charge in [-0.05, 0) is 36.8 Å². The van der Waals surface area contributed by atoms with Gasteiger partial charge in [0.15, 0.2) is 0 Å². The second kappa shape index (κ2) is 13.3. The minimum Gasteiger partial charge on any atom is -0.394 e. The van der Waals surface area contributed by atoms with Gasteiger partial charge in [0.2, 0.25) is 0 Å². The zero-order chi connectivity index (χ0) is 20.9. The molecule has 3 N–H and O–H groups in total. The SMILES string of the molecule is CCCCCCCCc1ccc(CC[C@@](N)(/C=C/P(=O)(OC)OC)CO)cc1. The number of aliphatic hydroxyl groups is 1. The predicted octanol–water partition coefficient (Wildman–Crippen LogP) is 5.21. The van der Waals surface area contributed by atoms with Crippen molar-refractivity contribution >= 4 is 7.60 Å². The molecule has 1 atom stereocenters. The van der Waals surface area contributed by atoms with E-state index in [-0.39, 0.29) is 6.61 Å². The first-order valence-electron chi connectivity index (χ1n) is 10.3. The van der Waals surface area contributed by atoms with Crippen molar-refractivity contribution in [1.29, 1.82) is 0 Å². The molecule has 28 heavy (non-hydrogen) atoms. The fourth-order valence-corrected chi connectivity index (χ4v) is 3.88. The molecule has 0 saturated carbocycles. The van der Waals surface area contributed by atoms with E-state index in [4.69, 9.17) is 14.8 Å². The van der Waals surface area contributed by atoms with Crippen molar-refractivity contribution in [1.82, 2.24) is 0 Å². The lowest BCUT2D eigenvalue weighted by molar-refractivity contribution is 0.219. The summed E-state index contributed by atoms with van der Waals surface area (Å²) in [5, 5.41) is 9.68. The molecule has 5 nitrogen and oxygen atoms in total. The van der Waals surface area contributed by atoms with Crippen molar-refractivity contribution in [3.63, 3.8) is 0 Å². The van der Waals surface area contributed by atoms with Crippen molar-refractivity contribution in [2.24, 2.45) is 5.73 Å². The Kier molecular flexibility index (Phi) is 11.9. The molecular weight excluding hydrogens is 373 g/mol. The summed E-state index contributed by atoms with van der Waals surface area (Å²) < 4.78 is 21.9. The predicted molar refractivity (Wildman–Crippen MR) is 117 cm³/mol. The first kappa shape index (κ1) is 25.1. The van der Waals surface area contributed by atoms with Gasteiger partial charge in [-0.1, -0.05) is 69.4 Å². The van der Waals surface area contributed by atoms with E-state index in [1.807, 2.05) is 0 Å². The summed E-state index contributed by atoms with van der Waals surface area (Å²) in [4.78, 5) is 0. The van der Waals surface area contributed by atoms with Crippen molar-refractivity contribution in [3.05, 3.63) is 47.3 Å². The molecule has 0 spiro atoms. The highest BCUT2D eigenvalue weighted by atomic mass is 31.2. The maximum absolute atomic E-state index is 12.1. The van der Waals surface area contributed by atoms with Crippen LogP contribution in [0.3, 0.4) is 0 Å². The van der Waals surface area contributed by atoms with Crippen LogP contribution in [0.2, 0.25) is 0 Å². The van der Waals surface area contributed by atoms with Gasteiger partial charge in [0, 0.05) is 20.0 Å². The van der Waals surface area contributed by atoms with Gasteiger partial charge in [0.25, 0.3) is 0 Å². The zero-order valence-corrected chi connectivity index (χ0v) is 18.6. The highest BCUT2D eigenvalue weighted by Crippen LogP contribution is 2.48. The quantitative estimate of drug-likeness (QED) is 0.306. The van der Waals surface area contributed by atoms with Crippen LogP contribution in [-0.2, 0) is 26.5 Å². The van der Waals surface area contributed by atoms with E-state index in [9.17, 15) is 9.67 Å². The van der Waals surface area contributed by atoms with Crippen LogP contribution in [0.4, 0.5) is 0 Å². The number of aryl methyl sites for hydroxylation is 2. The maximum atomic E-state index is 12.1. The molecule has 6 heteroatoms. The van der Waals surface area contributed by atoms with Crippen LogP contribution in [0, 0.1) is 0 Å². The maximum Gasteiger partial charge on any atom is 0.353 e. The Morgan fingerprint density at radius 1 is 1.00 bits per heavy atom. The Morgan fingerprint density at radius 3 is 2.07 bits per heavy atom. The molecule has 0 aromatic heterocycles. The van der Waals surface area contributed by atoms with Gasteiger partial charge in [0.1, 0.15) is 0 Å². The number of hydrogen-bond acceptors (Lipinski definition) is 5. The Hall–Kier alpha value is -0.970. The molecule has 160 valence electrons. The highest BCUT2D eigenvalue weighted by molar-refractivity contribution is 7.57. The largest absolute Gasteiger partial charge is 0.394 e. The number of unbranched alkanes of at least 4 members (excludes halogenated alkanes) is 5. The molecule has 0 aliphatic rings. The van der Waals surface area contributed by atoms with Gasteiger partial charge < -0.3 is 19.9 Å². The third-order valence-corrected chi connectivity index (χ3v) is 6.65. The number of nitrogens with two attached hydrogens (primary N) is 1. The zero-order valence-electron chi connectivity index (χ0n) is 17.7. The molecule has 0 unspecified atom stereocenters. The second-order valence-corrected chi connectivity index (χ2v) is 9.55. The van der Waals surface area contributed by atoms with Gasteiger partial charge >= 0.3 is 7.60 Å². The molecule has 0 heterocycles. The van der Waals surface area contributed by atoms with Gasteiger partial charge in [-0.25, -0.2) is 0 Å². The van der Waals surface area contributed by atoms with Crippen LogP contribution in [0.25, 0.3) is 0 Å². The molecular formula is C22H38NO4P. The third kappa shape index (κ3) is 9.49. The minimum absolute atomic E-state index is 0.243. The molecule has 0 saturated heterocycles. The lowest BCUT2D eigenvalue weighted by atomic mass is 9.93. The van der Waals surface area contributed by atoms with Crippen molar-refractivity contribution in [2.45, 2.75) is 70.3 Å². The van der Waals surface area contributed by atoms with Gasteiger partial charge in [-0.2, -0.15) is 0 Å². The van der Waals surface area contributed by atoms with Crippen molar-refractivity contribution in [2.75, 3.05) is 20.8 Å². The van der Waals surface area contributed by atoms with E-state index in [1.54, 1.807) is 0 Å². The van der Waals surface area contributed by atoms with E-state index in [0.29, 0.717) is 6.42 Å². The van der Waals surface area contributed by atoms with Crippen molar-refractivity contribution in [3.8, 4) is 0 Å². The van der Waals surface area contributed by atoms with E-state index in [2.05, 4.69) is 31.2 Å². The van der Waals surface area contributed by atoms with Crippen LogP contribution in [0.15, 0.2) is 36.2 Å².